The number of halogens is 2. The van der Waals surface area contributed by atoms with Crippen molar-refractivity contribution < 1.29 is 14.4 Å². The fourth-order valence-corrected chi connectivity index (χ4v) is 3.67. The molecule has 5 heteroatoms. The highest BCUT2D eigenvalue weighted by Crippen LogP contribution is 2.24. The van der Waals surface area contributed by atoms with Crippen molar-refractivity contribution in [1.29, 1.82) is 0 Å². The molecule has 0 radical (unpaired) electrons. The van der Waals surface area contributed by atoms with Gasteiger partial charge in [0.15, 0.2) is 17.3 Å². The van der Waals surface area contributed by atoms with Gasteiger partial charge in [-0.3, -0.25) is 14.4 Å². The predicted octanol–water partition coefficient (Wildman–Crippen LogP) is 6.69. The molecule has 3 nitrogen and oxygen atoms in total. The van der Waals surface area contributed by atoms with Gasteiger partial charge in [0.05, 0.1) is 5.02 Å². The Morgan fingerprint density at radius 2 is 0.875 bits per heavy atom. The molecule has 0 heterocycles. The smallest absolute Gasteiger partial charge is 0.194 e. The Labute approximate surface area is 195 Å². The largest absolute Gasteiger partial charge is 0.289 e. The van der Waals surface area contributed by atoms with Gasteiger partial charge in [-0.25, -0.2) is 0 Å². The van der Waals surface area contributed by atoms with Crippen molar-refractivity contribution in [3.05, 3.63) is 140 Å². The number of hydrogen-bond acceptors (Lipinski definition) is 3. The lowest BCUT2D eigenvalue weighted by Crippen LogP contribution is -2.06. The maximum absolute atomic E-state index is 12.8. The molecule has 0 saturated heterocycles. The molecule has 0 aromatic heterocycles. The molecule has 4 rings (SSSR count). The van der Waals surface area contributed by atoms with Crippen molar-refractivity contribution in [2.45, 2.75) is 0 Å². The molecule has 0 aliphatic rings. The first-order chi connectivity index (χ1) is 15.4. The van der Waals surface area contributed by atoms with Crippen LogP contribution < -0.4 is 0 Å². The molecule has 4 aromatic rings. The molecule has 156 valence electrons. The minimum absolute atomic E-state index is 0.104. The highest BCUT2D eigenvalue weighted by atomic mass is 35.5. The number of benzene rings is 4. The average Bonchev–Trinajstić information content (AvgIpc) is 2.85. The van der Waals surface area contributed by atoms with Gasteiger partial charge >= 0.3 is 0 Å². The molecule has 32 heavy (non-hydrogen) atoms. The molecule has 0 atom stereocenters. The zero-order valence-corrected chi connectivity index (χ0v) is 18.2. The van der Waals surface area contributed by atoms with E-state index in [1.165, 1.54) is 6.07 Å². The van der Waals surface area contributed by atoms with Gasteiger partial charge in [-0.2, -0.15) is 0 Å². The van der Waals surface area contributed by atoms with Crippen LogP contribution in [0.3, 0.4) is 0 Å². The Morgan fingerprint density at radius 3 is 1.34 bits per heavy atom. The lowest BCUT2D eigenvalue weighted by molar-refractivity contribution is 0.102. The molecule has 0 spiro atoms. The summed E-state index contributed by atoms with van der Waals surface area (Å²) < 4.78 is 0. The van der Waals surface area contributed by atoms with Gasteiger partial charge < -0.3 is 0 Å². The zero-order valence-electron chi connectivity index (χ0n) is 16.7. The molecule has 0 bridgehead atoms. The van der Waals surface area contributed by atoms with Gasteiger partial charge in [0.2, 0.25) is 0 Å². The number of carbonyl (C=O) groups is 3. The second-order valence-corrected chi connectivity index (χ2v) is 7.98. The van der Waals surface area contributed by atoms with Crippen LogP contribution in [0.2, 0.25) is 10.0 Å². The predicted molar refractivity (Wildman–Crippen MR) is 126 cm³/mol. The normalized spacial score (nSPS) is 10.6. The molecule has 0 aliphatic heterocycles. The second kappa shape index (κ2) is 9.31. The van der Waals surface area contributed by atoms with Crippen LogP contribution in [0.15, 0.2) is 97.1 Å². The maximum atomic E-state index is 12.8. The summed E-state index contributed by atoms with van der Waals surface area (Å²) in [6.45, 7) is 0. The molecule has 4 aromatic carbocycles. The summed E-state index contributed by atoms with van der Waals surface area (Å²) in [7, 11) is 0. The first-order valence-corrected chi connectivity index (χ1v) is 10.5. The average molecular weight is 459 g/mol. The van der Waals surface area contributed by atoms with Crippen molar-refractivity contribution in [3.8, 4) is 0 Å². The lowest BCUT2D eigenvalue weighted by Gasteiger charge is -2.07. The minimum Gasteiger partial charge on any atom is -0.289 e. The van der Waals surface area contributed by atoms with Crippen LogP contribution in [-0.4, -0.2) is 17.3 Å². The van der Waals surface area contributed by atoms with E-state index >= 15 is 0 Å². The fraction of sp³-hybridized carbons (Fsp3) is 0. The summed E-state index contributed by atoms with van der Waals surface area (Å²) in [6.07, 6.45) is 0. The number of carbonyl (C=O) groups excluding carboxylic acids is 3. The van der Waals surface area contributed by atoms with Crippen LogP contribution in [0.25, 0.3) is 0 Å². The lowest BCUT2D eigenvalue weighted by atomic mass is 9.97. The van der Waals surface area contributed by atoms with E-state index < -0.39 is 0 Å². The Balaban J connectivity index is 1.52. The fourth-order valence-electron chi connectivity index (χ4n) is 3.30. The molecule has 0 unspecified atom stereocenters. The molecule has 0 amide bonds. The third kappa shape index (κ3) is 4.54. The van der Waals surface area contributed by atoms with Crippen molar-refractivity contribution >= 4 is 40.6 Å². The molecule has 0 saturated carbocycles. The maximum Gasteiger partial charge on any atom is 0.194 e. The van der Waals surface area contributed by atoms with E-state index in [-0.39, 0.29) is 17.3 Å². The number of hydrogen-bond donors (Lipinski definition) is 0. The Kier molecular flexibility index (Phi) is 6.31. The standard InChI is InChI=1S/C27H16Cl2O3/c28-22-14-15-24(29)23(16-22)27(32)21-12-10-20(11-13-21)26(31)19-8-6-18(7-9-19)25(30)17-4-2-1-3-5-17/h1-16H. The highest BCUT2D eigenvalue weighted by molar-refractivity contribution is 6.36. The van der Waals surface area contributed by atoms with E-state index in [0.29, 0.717) is 43.4 Å². The van der Waals surface area contributed by atoms with Gasteiger partial charge in [0.1, 0.15) is 0 Å². The zero-order chi connectivity index (χ0) is 22.7. The van der Waals surface area contributed by atoms with Gasteiger partial charge in [-0.05, 0) is 18.2 Å². The van der Waals surface area contributed by atoms with Gasteiger partial charge in [0.25, 0.3) is 0 Å². The van der Waals surface area contributed by atoms with E-state index in [2.05, 4.69) is 0 Å². The second-order valence-electron chi connectivity index (χ2n) is 7.13. The van der Waals surface area contributed by atoms with Crippen molar-refractivity contribution in [3.63, 3.8) is 0 Å². The van der Waals surface area contributed by atoms with E-state index in [0.717, 1.165) is 0 Å². The molecule has 0 N–H and O–H groups in total. The van der Waals surface area contributed by atoms with E-state index in [9.17, 15) is 14.4 Å². The Morgan fingerprint density at radius 1 is 0.469 bits per heavy atom. The Bertz CT molecular complexity index is 1310. The molecule has 0 fully saturated rings. The third-order valence-electron chi connectivity index (χ3n) is 5.03. The van der Waals surface area contributed by atoms with Crippen LogP contribution in [0.5, 0.6) is 0 Å². The first-order valence-electron chi connectivity index (χ1n) is 9.78. The summed E-state index contributed by atoms with van der Waals surface area (Å²) in [5.41, 5.74) is 2.68. The monoisotopic (exact) mass is 458 g/mol. The van der Waals surface area contributed by atoms with Crippen molar-refractivity contribution in [2.75, 3.05) is 0 Å². The van der Waals surface area contributed by atoms with Crippen LogP contribution in [0.1, 0.15) is 47.8 Å². The number of rotatable bonds is 6. The van der Waals surface area contributed by atoms with E-state index in [4.69, 9.17) is 23.2 Å². The molecular weight excluding hydrogens is 443 g/mol. The summed E-state index contributed by atoms with van der Waals surface area (Å²) >= 11 is 12.1. The third-order valence-corrected chi connectivity index (χ3v) is 5.59. The number of ketones is 3. The summed E-state index contributed by atoms with van der Waals surface area (Å²) in [5, 5.41) is 0.725. The van der Waals surface area contributed by atoms with Crippen LogP contribution in [0, 0.1) is 0 Å². The van der Waals surface area contributed by atoms with E-state index in [1.807, 2.05) is 6.07 Å². The minimum atomic E-state index is -0.278. The first kappa shape index (κ1) is 21.7. The topological polar surface area (TPSA) is 51.2 Å². The Hall–Kier alpha value is -3.53. The summed E-state index contributed by atoms with van der Waals surface area (Å²) in [4.78, 5) is 38.1. The summed E-state index contributed by atoms with van der Waals surface area (Å²) in [5.74, 6) is -0.587. The van der Waals surface area contributed by atoms with Gasteiger partial charge in [-0.1, -0.05) is 102 Å². The molecular formula is C27H16Cl2O3. The SMILES string of the molecule is O=C(c1ccccc1)c1ccc(C(=O)c2ccc(C(=O)c3cc(Cl)ccc3Cl)cc2)cc1. The van der Waals surface area contributed by atoms with Gasteiger partial charge in [-0.15, -0.1) is 0 Å². The quantitative estimate of drug-likeness (QED) is 0.302. The van der Waals surface area contributed by atoms with Crippen LogP contribution in [0.4, 0.5) is 0 Å². The van der Waals surface area contributed by atoms with Crippen molar-refractivity contribution in [1.82, 2.24) is 0 Å². The van der Waals surface area contributed by atoms with Crippen LogP contribution >= 0.6 is 23.2 Å². The highest BCUT2D eigenvalue weighted by Gasteiger charge is 2.16. The summed E-state index contributed by atoms with van der Waals surface area (Å²) in [6, 6.07) is 26.6. The van der Waals surface area contributed by atoms with Crippen molar-refractivity contribution in [2.24, 2.45) is 0 Å². The van der Waals surface area contributed by atoms with E-state index in [1.54, 1.807) is 84.9 Å². The van der Waals surface area contributed by atoms with Gasteiger partial charge in [0, 0.05) is 38.4 Å². The molecule has 0 aliphatic carbocycles. The van der Waals surface area contributed by atoms with Crippen LogP contribution in [-0.2, 0) is 0 Å².